The van der Waals surface area contributed by atoms with Crippen molar-refractivity contribution in [3.05, 3.63) is 64.2 Å². The number of aliphatic carboxylic acids is 1. The molecular weight excluding hydrogens is 607 g/mol. The minimum absolute atomic E-state index is 0.141. The summed E-state index contributed by atoms with van der Waals surface area (Å²) in [6.45, 7) is 0.174. The fraction of sp³-hybridized carbons (Fsp3) is 0.423. The summed E-state index contributed by atoms with van der Waals surface area (Å²) < 4.78 is 132. The maximum absolute atomic E-state index is 13.7. The molecule has 17 heteroatoms. The van der Waals surface area contributed by atoms with Crippen LogP contribution in [0.3, 0.4) is 0 Å². The van der Waals surface area contributed by atoms with E-state index in [0.717, 1.165) is 18.1 Å². The van der Waals surface area contributed by atoms with Crippen molar-refractivity contribution in [1.82, 2.24) is 4.90 Å². The van der Waals surface area contributed by atoms with Crippen LogP contribution in [0.4, 0.5) is 54.8 Å². The average Bonchev–Trinajstić information content (AvgIpc) is 2.88. The van der Waals surface area contributed by atoms with Crippen LogP contribution in [0.25, 0.3) is 0 Å². The molecule has 2 amide bonds. The topological polar surface area (TPSA) is 96.4 Å². The van der Waals surface area contributed by atoms with Gasteiger partial charge in [0.15, 0.2) is 0 Å². The Hall–Kier alpha value is -4.18. The monoisotopic (exact) mass is 630 g/mol. The van der Waals surface area contributed by atoms with E-state index < -0.39 is 96.0 Å². The molecule has 0 aromatic heterocycles. The number of anilines is 1. The molecule has 2 aromatic carbocycles. The molecule has 0 radical (unpaired) electrons. The first-order chi connectivity index (χ1) is 19.8. The van der Waals surface area contributed by atoms with Crippen LogP contribution in [-0.2, 0) is 39.3 Å². The molecule has 8 nitrogen and oxygen atoms in total. The molecule has 0 saturated heterocycles. The highest BCUT2D eigenvalue weighted by Crippen LogP contribution is 2.45. The summed E-state index contributed by atoms with van der Waals surface area (Å²) in [5.74, 6) is -1.47. The largest absolute Gasteiger partial charge is 0.481 e. The fourth-order valence-electron chi connectivity index (χ4n) is 4.74. The highest BCUT2D eigenvalue weighted by Gasteiger charge is 2.44. The number of rotatable bonds is 6. The zero-order valence-corrected chi connectivity index (χ0v) is 22.2. The lowest BCUT2D eigenvalue weighted by Crippen LogP contribution is -2.49. The van der Waals surface area contributed by atoms with Gasteiger partial charge in [-0.1, -0.05) is 0 Å². The standard InChI is InChI=1S/C26H23F9N2O6/c1-3-43-23(41)37-17(11-21(38)39)10-20(18-9-14(24(27,28)29)4-5-19(18)37)36(22(40)42-2)12-13-6-15(25(30,31)32)8-16(7-13)26(33,34)35/h4-9,17,20H,3,10-12H2,1-2H3,(H,38,39)/t17-,20-/m1/s1. The Labute approximate surface area is 237 Å². The van der Waals surface area contributed by atoms with E-state index in [9.17, 15) is 59.0 Å². The third-order valence-electron chi connectivity index (χ3n) is 6.49. The molecule has 1 heterocycles. The number of amides is 2. The lowest BCUT2D eigenvalue weighted by Gasteiger charge is -2.43. The molecule has 2 aromatic rings. The maximum atomic E-state index is 13.7. The van der Waals surface area contributed by atoms with E-state index >= 15 is 0 Å². The Balaban J connectivity index is 2.27. The molecule has 236 valence electrons. The number of carboxylic acids is 1. The fourth-order valence-corrected chi connectivity index (χ4v) is 4.74. The molecule has 0 fully saturated rings. The van der Waals surface area contributed by atoms with Crippen LogP contribution in [-0.4, -0.2) is 47.9 Å². The third kappa shape index (κ3) is 7.62. The minimum atomic E-state index is -5.24. The van der Waals surface area contributed by atoms with Crippen molar-refractivity contribution in [2.24, 2.45) is 0 Å². The van der Waals surface area contributed by atoms with E-state index in [1.165, 1.54) is 6.92 Å². The number of carbonyl (C=O) groups excluding carboxylic acids is 2. The van der Waals surface area contributed by atoms with E-state index in [2.05, 4.69) is 4.74 Å². The summed E-state index contributed by atoms with van der Waals surface area (Å²) in [7, 11) is 0.818. The van der Waals surface area contributed by atoms with Crippen molar-refractivity contribution in [1.29, 1.82) is 0 Å². The van der Waals surface area contributed by atoms with Gasteiger partial charge in [0, 0.05) is 6.54 Å². The summed E-state index contributed by atoms with van der Waals surface area (Å²) in [5.41, 5.74) is -6.10. The molecule has 1 aliphatic heterocycles. The molecule has 1 N–H and O–H groups in total. The van der Waals surface area contributed by atoms with Gasteiger partial charge in [0.05, 0.1) is 54.6 Å². The van der Waals surface area contributed by atoms with Crippen molar-refractivity contribution in [2.75, 3.05) is 18.6 Å². The number of hydrogen-bond donors (Lipinski definition) is 1. The van der Waals surface area contributed by atoms with Gasteiger partial charge in [0.25, 0.3) is 0 Å². The van der Waals surface area contributed by atoms with Crippen LogP contribution in [0.5, 0.6) is 0 Å². The predicted molar refractivity (Wildman–Crippen MR) is 129 cm³/mol. The van der Waals surface area contributed by atoms with Crippen molar-refractivity contribution < 1.29 is 68.5 Å². The molecule has 43 heavy (non-hydrogen) atoms. The number of alkyl halides is 9. The highest BCUT2D eigenvalue weighted by atomic mass is 19.4. The zero-order chi connectivity index (χ0) is 32.5. The lowest BCUT2D eigenvalue weighted by molar-refractivity contribution is -0.143. The van der Waals surface area contributed by atoms with Gasteiger partial charge in [-0.25, -0.2) is 9.59 Å². The molecule has 0 bridgehead atoms. The first kappa shape index (κ1) is 33.3. The van der Waals surface area contributed by atoms with Crippen molar-refractivity contribution in [2.45, 2.75) is 56.9 Å². The van der Waals surface area contributed by atoms with E-state index in [1.807, 2.05) is 0 Å². The van der Waals surface area contributed by atoms with Gasteiger partial charge in [0.1, 0.15) is 0 Å². The number of ether oxygens (including phenoxy) is 2. The van der Waals surface area contributed by atoms with Gasteiger partial charge in [-0.05, 0) is 60.9 Å². The minimum Gasteiger partial charge on any atom is -0.481 e. The van der Waals surface area contributed by atoms with Gasteiger partial charge in [0.2, 0.25) is 0 Å². The van der Waals surface area contributed by atoms with Crippen LogP contribution in [0, 0.1) is 0 Å². The normalized spacial score (nSPS) is 17.2. The maximum Gasteiger partial charge on any atom is 0.416 e. The van der Waals surface area contributed by atoms with Gasteiger partial charge in [-0.3, -0.25) is 14.6 Å². The smallest absolute Gasteiger partial charge is 0.416 e. The summed E-state index contributed by atoms with van der Waals surface area (Å²) >= 11 is 0. The number of carboxylic acid groups (broad SMARTS) is 1. The average molecular weight is 630 g/mol. The van der Waals surface area contributed by atoms with E-state index in [1.54, 1.807) is 0 Å². The van der Waals surface area contributed by atoms with Crippen molar-refractivity contribution in [3.63, 3.8) is 0 Å². The first-order valence-electron chi connectivity index (χ1n) is 12.3. The lowest BCUT2D eigenvalue weighted by atomic mass is 9.87. The van der Waals surface area contributed by atoms with Gasteiger partial charge >= 0.3 is 36.7 Å². The number of halogens is 9. The quantitative estimate of drug-likeness (QED) is 0.338. The summed E-state index contributed by atoms with van der Waals surface area (Å²) in [6.07, 6.45) is -19.3. The number of benzene rings is 2. The second-order valence-corrected chi connectivity index (χ2v) is 9.36. The van der Waals surface area contributed by atoms with Crippen LogP contribution in [0.15, 0.2) is 36.4 Å². The molecule has 0 unspecified atom stereocenters. The number of fused-ring (bicyclic) bond motifs is 1. The Morgan fingerprint density at radius 3 is 1.93 bits per heavy atom. The van der Waals surface area contributed by atoms with Gasteiger partial charge in [-0.15, -0.1) is 0 Å². The number of hydrogen-bond acceptors (Lipinski definition) is 5. The van der Waals surface area contributed by atoms with Crippen molar-refractivity contribution in [3.8, 4) is 0 Å². The summed E-state index contributed by atoms with van der Waals surface area (Å²) in [5, 5.41) is 9.48. The van der Waals surface area contributed by atoms with Gasteiger partial charge in [-0.2, -0.15) is 39.5 Å². The molecule has 3 rings (SSSR count). The Kier molecular flexibility index (Phi) is 9.46. The van der Waals surface area contributed by atoms with Crippen LogP contribution < -0.4 is 4.90 Å². The molecular formula is C26H23F9N2O6. The van der Waals surface area contributed by atoms with Gasteiger partial charge < -0.3 is 14.6 Å². The number of carbonyl (C=O) groups is 3. The van der Waals surface area contributed by atoms with E-state index in [4.69, 9.17) is 4.74 Å². The molecule has 0 aliphatic carbocycles. The first-order valence-corrected chi connectivity index (χ1v) is 12.3. The summed E-state index contributed by atoms with van der Waals surface area (Å²) in [6, 6.07) is -0.493. The van der Waals surface area contributed by atoms with E-state index in [-0.39, 0.29) is 18.4 Å². The Bertz CT molecular complexity index is 1340. The second-order valence-electron chi connectivity index (χ2n) is 9.36. The third-order valence-corrected chi connectivity index (χ3v) is 6.49. The molecule has 2 atom stereocenters. The van der Waals surface area contributed by atoms with E-state index in [0.29, 0.717) is 29.2 Å². The van der Waals surface area contributed by atoms with Crippen LogP contribution in [0.1, 0.15) is 53.6 Å². The molecule has 1 aliphatic rings. The summed E-state index contributed by atoms with van der Waals surface area (Å²) in [4.78, 5) is 38.8. The SMILES string of the molecule is CCOC(=O)N1c2ccc(C(F)(F)F)cc2[C@H](N(Cc2cc(C(F)(F)F)cc(C(F)(F)F)c2)C(=O)OC)C[C@@H]1CC(=O)O. The predicted octanol–water partition coefficient (Wildman–Crippen LogP) is 7.26. The van der Waals surface area contributed by atoms with Crippen molar-refractivity contribution >= 4 is 23.8 Å². The Morgan fingerprint density at radius 1 is 0.907 bits per heavy atom. The molecule has 0 spiro atoms. The number of nitrogens with zero attached hydrogens (tertiary/aromatic N) is 2. The Morgan fingerprint density at radius 2 is 1.47 bits per heavy atom. The zero-order valence-electron chi connectivity index (χ0n) is 22.2. The van der Waals surface area contributed by atoms with Crippen LogP contribution in [0.2, 0.25) is 0 Å². The second kappa shape index (κ2) is 12.2. The molecule has 0 saturated carbocycles. The van der Waals surface area contributed by atoms with Crippen LogP contribution >= 0.6 is 0 Å². The number of methoxy groups -OCH3 is 1. The highest BCUT2D eigenvalue weighted by molar-refractivity contribution is 5.91.